The number of aliphatic hydroxyl groups is 1. The van der Waals surface area contributed by atoms with Crippen LogP contribution in [0.2, 0.25) is 0 Å². The van der Waals surface area contributed by atoms with Gasteiger partial charge in [-0.2, -0.15) is 9.97 Å². The third-order valence-electron chi connectivity index (χ3n) is 8.05. The molecule has 4 heterocycles. The van der Waals surface area contributed by atoms with Crippen molar-refractivity contribution in [2.75, 3.05) is 37.7 Å². The van der Waals surface area contributed by atoms with Crippen LogP contribution < -0.4 is 15.0 Å². The maximum atomic E-state index is 14.1. The van der Waals surface area contributed by atoms with E-state index in [2.05, 4.69) is 20.3 Å². The average Bonchev–Trinajstić information content (AvgIpc) is 3.58. The Balaban J connectivity index is 1.22. The van der Waals surface area contributed by atoms with Crippen LogP contribution in [0.3, 0.4) is 0 Å². The second kappa shape index (κ2) is 11.7. The van der Waals surface area contributed by atoms with Gasteiger partial charge >= 0.3 is 0 Å². The molecule has 10 nitrogen and oxygen atoms in total. The lowest BCUT2D eigenvalue weighted by Gasteiger charge is -2.30. The van der Waals surface area contributed by atoms with Gasteiger partial charge in [0.05, 0.1) is 36.4 Å². The summed E-state index contributed by atoms with van der Waals surface area (Å²) < 4.78 is 41.4. The molecular weight excluding hydrogens is 522 g/mol. The Hall–Kier alpha value is -3.22. The Labute approximate surface area is 230 Å². The zero-order chi connectivity index (χ0) is 27.6. The highest BCUT2D eigenvalue weighted by molar-refractivity contribution is 5.84. The SMILES string of the molecule is O=C(CC1CCC(Oc2cc(-n3c(C(F)F)nc4ccccc43)nc(N3CCOCC3)n2)CC1)[C@@H]1C[C@@H](O)CN1. The summed E-state index contributed by atoms with van der Waals surface area (Å²) in [6.45, 7) is 2.69. The van der Waals surface area contributed by atoms with Gasteiger partial charge in [0, 0.05) is 32.1 Å². The molecule has 2 aromatic heterocycles. The first-order chi connectivity index (χ1) is 19.4. The van der Waals surface area contributed by atoms with Gasteiger partial charge in [0.1, 0.15) is 17.7 Å². The summed E-state index contributed by atoms with van der Waals surface area (Å²) in [5.74, 6) is 1.07. The second-order valence-corrected chi connectivity index (χ2v) is 10.8. The smallest absolute Gasteiger partial charge is 0.296 e. The number of nitrogens with zero attached hydrogens (tertiary/aromatic N) is 5. The van der Waals surface area contributed by atoms with E-state index in [9.17, 15) is 18.7 Å². The molecule has 6 rings (SSSR count). The van der Waals surface area contributed by atoms with Gasteiger partial charge in [-0.25, -0.2) is 13.8 Å². The van der Waals surface area contributed by atoms with Gasteiger partial charge in [0.15, 0.2) is 5.82 Å². The van der Waals surface area contributed by atoms with Crippen molar-refractivity contribution in [1.29, 1.82) is 0 Å². The summed E-state index contributed by atoms with van der Waals surface area (Å²) in [7, 11) is 0. The summed E-state index contributed by atoms with van der Waals surface area (Å²) >= 11 is 0. The van der Waals surface area contributed by atoms with Crippen LogP contribution in [0.15, 0.2) is 30.3 Å². The number of β-amino-alcohol motifs (C(OH)–C–C–N with tert-alkyl or cyclic N) is 1. The van der Waals surface area contributed by atoms with Crippen molar-refractivity contribution in [2.24, 2.45) is 5.92 Å². The molecule has 2 aliphatic heterocycles. The van der Waals surface area contributed by atoms with Crippen molar-refractivity contribution in [1.82, 2.24) is 24.8 Å². The number of fused-ring (bicyclic) bond motifs is 1. The maximum absolute atomic E-state index is 14.1. The monoisotopic (exact) mass is 556 g/mol. The number of para-hydroxylation sites is 2. The first kappa shape index (κ1) is 27.0. The van der Waals surface area contributed by atoms with Gasteiger partial charge in [-0.3, -0.25) is 9.36 Å². The fourth-order valence-electron chi connectivity index (χ4n) is 5.93. The summed E-state index contributed by atoms with van der Waals surface area (Å²) in [6, 6.07) is 8.35. The van der Waals surface area contributed by atoms with Gasteiger partial charge in [-0.05, 0) is 50.2 Å². The largest absolute Gasteiger partial charge is 0.474 e. The minimum Gasteiger partial charge on any atom is -0.474 e. The van der Waals surface area contributed by atoms with Crippen LogP contribution in [-0.2, 0) is 9.53 Å². The van der Waals surface area contributed by atoms with Crippen LogP contribution in [0.25, 0.3) is 16.9 Å². The number of alkyl halides is 2. The second-order valence-electron chi connectivity index (χ2n) is 10.8. The molecule has 3 fully saturated rings. The van der Waals surface area contributed by atoms with E-state index in [1.54, 1.807) is 30.3 Å². The van der Waals surface area contributed by atoms with Gasteiger partial charge in [0.2, 0.25) is 11.8 Å². The number of nitrogens with one attached hydrogen (secondary N) is 1. The van der Waals surface area contributed by atoms with E-state index < -0.39 is 12.5 Å². The number of benzene rings is 1. The molecule has 2 N–H and O–H groups in total. The highest BCUT2D eigenvalue weighted by Crippen LogP contribution is 2.33. The van der Waals surface area contributed by atoms with Gasteiger partial charge in [-0.15, -0.1) is 0 Å². The molecule has 1 aliphatic carbocycles. The van der Waals surface area contributed by atoms with Crippen molar-refractivity contribution in [3.8, 4) is 11.7 Å². The molecular formula is C28H34F2N6O4. The lowest BCUT2D eigenvalue weighted by Crippen LogP contribution is -2.37. The Morgan fingerprint density at radius 3 is 2.62 bits per heavy atom. The molecule has 1 saturated carbocycles. The van der Waals surface area contributed by atoms with E-state index in [1.807, 2.05) is 4.90 Å². The summed E-state index contributed by atoms with van der Waals surface area (Å²) in [5, 5.41) is 12.8. The van der Waals surface area contributed by atoms with Crippen LogP contribution in [-0.4, -0.2) is 81.5 Å². The molecule has 3 aliphatic rings. The van der Waals surface area contributed by atoms with Crippen LogP contribution in [0, 0.1) is 5.92 Å². The molecule has 1 aromatic carbocycles. The quantitative estimate of drug-likeness (QED) is 0.432. The molecule has 0 unspecified atom stereocenters. The number of aromatic nitrogens is 4. The number of morpholine rings is 1. The van der Waals surface area contributed by atoms with E-state index in [4.69, 9.17) is 9.47 Å². The molecule has 2 atom stereocenters. The Morgan fingerprint density at radius 1 is 1.12 bits per heavy atom. The lowest BCUT2D eigenvalue weighted by molar-refractivity contribution is -0.122. The van der Waals surface area contributed by atoms with Crippen LogP contribution in [0.1, 0.15) is 50.8 Å². The number of rotatable bonds is 8. The predicted molar refractivity (Wildman–Crippen MR) is 143 cm³/mol. The predicted octanol–water partition coefficient (Wildman–Crippen LogP) is 3.21. The number of imidazole rings is 1. The van der Waals surface area contributed by atoms with E-state index >= 15 is 0 Å². The first-order valence-corrected chi connectivity index (χ1v) is 14.0. The topological polar surface area (TPSA) is 115 Å². The number of aliphatic hydroxyl groups excluding tert-OH is 1. The first-order valence-electron chi connectivity index (χ1n) is 14.0. The van der Waals surface area contributed by atoms with Crippen LogP contribution in [0.4, 0.5) is 14.7 Å². The van der Waals surface area contributed by atoms with E-state index in [0.717, 1.165) is 25.7 Å². The zero-order valence-electron chi connectivity index (χ0n) is 22.2. The number of ether oxygens (including phenoxy) is 2. The molecule has 0 spiro atoms. The standard InChI is InChI=1S/C28H34F2N6O4/c29-26(30)27-32-20-3-1-2-4-22(20)36(27)24-15-25(34-28(33-24)35-9-11-39-12-10-35)40-19-7-5-17(6-8-19)13-23(38)21-14-18(37)16-31-21/h1-4,15,17-19,21,26,31,37H,5-14,16H2/t17?,18-,19?,21+/m1/s1. The minimum atomic E-state index is -2.79. The number of carbonyl (C=O) groups is 1. The van der Waals surface area contributed by atoms with Crippen molar-refractivity contribution in [3.63, 3.8) is 0 Å². The van der Waals surface area contributed by atoms with E-state index in [0.29, 0.717) is 68.6 Å². The summed E-state index contributed by atoms with van der Waals surface area (Å²) in [6.07, 6.45) is 0.867. The zero-order valence-corrected chi connectivity index (χ0v) is 22.2. The summed E-state index contributed by atoms with van der Waals surface area (Å²) in [4.78, 5) is 28.1. The maximum Gasteiger partial charge on any atom is 0.296 e. The lowest BCUT2D eigenvalue weighted by atomic mass is 9.83. The molecule has 40 heavy (non-hydrogen) atoms. The third-order valence-corrected chi connectivity index (χ3v) is 8.05. The Morgan fingerprint density at radius 2 is 1.90 bits per heavy atom. The van der Waals surface area contributed by atoms with Crippen LogP contribution >= 0.6 is 0 Å². The summed E-state index contributed by atoms with van der Waals surface area (Å²) in [5.41, 5.74) is 0.992. The molecule has 0 amide bonds. The van der Waals surface area contributed by atoms with Crippen molar-refractivity contribution >= 4 is 22.8 Å². The molecule has 12 heteroatoms. The molecule has 3 aromatic rings. The van der Waals surface area contributed by atoms with Crippen molar-refractivity contribution < 1.29 is 28.2 Å². The fourth-order valence-corrected chi connectivity index (χ4v) is 5.93. The minimum absolute atomic E-state index is 0.104. The number of hydrogen-bond donors (Lipinski definition) is 2. The Bertz CT molecular complexity index is 1340. The number of hydrogen-bond acceptors (Lipinski definition) is 9. The van der Waals surface area contributed by atoms with E-state index in [-0.39, 0.29) is 35.5 Å². The number of Topliss-reactive ketones (excluding diaryl/α,β-unsaturated/α-hetero) is 1. The molecule has 0 radical (unpaired) electrons. The highest BCUT2D eigenvalue weighted by atomic mass is 19.3. The highest BCUT2D eigenvalue weighted by Gasteiger charge is 2.32. The van der Waals surface area contributed by atoms with E-state index in [1.165, 1.54) is 4.57 Å². The van der Waals surface area contributed by atoms with Gasteiger partial charge in [-0.1, -0.05) is 12.1 Å². The van der Waals surface area contributed by atoms with Crippen molar-refractivity contribution in [2.45, 2.75) is 63.2 Å². The number of carbonyl (C=O) groups excluding carboxylic acids is 1. The average molecular weight is 557 g/mol. The van der Waals surface area contributed by atoms with Gasteiger partial charge in [0.25, 0.3) is 6.43 Å². The number of anilines is 1. The number of ketones is 1. The van der Waals surface area contributed by atoms with Gasteiger partial charge < -0.3 is 24.8 Å². The van der Waals surface area contributed by atoms with Crippen molar-refractivity contribution in [3.05, 3.63) is 36.2 Å². The number of halogens is 2. The molecule has 2 saturated heterocycles. The molecule has 0 bridgehead atoms. The molecule has 214 valence electrons. The normalized spacial score (nSPS) is 25.6. The third kappa shape index (κ3) is 5.79. The fraction of sp³-hybridized carbons (Fsp3) is 0.571. The Kier molecular flexibility index (Phi) is 7.90. The van der Waals surface area contributed by atoms with Crippen LogP contribution in [0.5, 0.6) is 5.88 Å².